The highest BCUT2D eigenvalue weighted by Crippen LogP contribution is 2.48. The van der Waals surface area contributed by atoms with Gasteiger partial charge in [-0.2, -0.15) is 0 Å². The normalized spacial score (nSPS) is 16.1. The molecular formula is C24H24N4O4S. The van der Waals surface area contributed by atoms with Gasteiger partial charge in [0.2, 0.25) is 10.0 Å². The highest BCUT2D eigenvalue weighted by atomic mass is 32.2. The lowest BCUT2D eigenvalue weighted by molar-refractivity contribution is -0.137. The molecule has 2 aliphatic rings. The second-order valence-corrected chi connectivity index (χ2v) is 9.62. The summed E-state index contributed by atoms with van der Waals surface area (Å²) in [7, 11) is -4.05. The van der Waals surface area contributed by atoms with Gasteiger partial charge in [-0.1, -0.05) is 62.4 Å². The number of fused-ring (bicyclic) bond motifs is 2. The predicted molar refractivity (Wildman–Crippen MR) is 126 cm³/mol. The van der Waals surface area contributed by atoms with Crippen molar-refractivity contribution in [1.82, 2.24) is 4.90 Å². The third-order valence-corrected chi connectivity index (χ3v) is 6.39. The van der Waals surface area contributed by atoms with Crippen LogP contribution in [0.15, 0.2) is 83.0 Å². The standard InChI is InChI=1S/C24H24N4O4S/c1-14(2)21(32-17-10-6-9-16(13-17)23(25)26)24(29)28-19-12-11-18(15-7-4-3-5-8-15)20(28)22(19)33(27,30)31/h3-14,21H,1-2H3,(H3,25,26)(H2,27,30,31). The molecule has 1 atom stereocenters. The first-order valence-corrected chi connectivity index (χ1v) is 11.8. The Bertz CT molecular complexity index is 1340. The monoisotopic (exact) mass is 464 g/mol. The van der Waals surface area contributed by atoms with Crippen molar-refractivity contribution in [1.29, 1.82) is 5.41 Å². The van der Waals surface area contributed by atoms with E-state index in [1.165, 1.54) is 4.90 Å². The number of benzene rings is 2. The van der Waals surface area contributed by atoms with E-state index in [0.717, 1.165) is 5.56 Å². The van der Waals surface area contributed by atoms with Gasteiger partial charge in [0.15, 0.2) is 6.10 Å². The highest BCUT2D eigenvalue weighted by molar-refractivity contribution is 7.93. The third kappa shape index (κ3) is 4.08. The second kappa shape index (κ2) is 8.34. The van der Waals surface area contributed by atoms with E-state index < -0.39 is 22.0 Å². The number of rotatable bonds is 7. The molecule has 1 amide bonds. The molecule has 5 N–H and O–H groups in total. The molecule has 2 aromatic rings. The Balaban J connectivity index is 1.72. The number of sulfonamides is 1. The van der Waals surface area contributed by atoms with Crippen molar-refractivity contribution in [2.24, 2.45) is 16.8 Å². The number of nitrogen functional groups attached to an aromatic ring is 1. The fourth-order valence-corrected chi connectivity index (χ4v) is 4.79. The van der Waals surface area contributed by atoms with Crippen LogP contribution in [0.5, 0.6) is 5.75 Å². The van der Waals surface area contributed by atoms with Gasteiger partial charge in [0.25, 0.3) is 5.91 Å². The van der Waals surface area contributed by atoms with Gasteiger partial charge < -0.3 is 10.5 Å². The first kappa shape index (κ1) is 22.5. The van der Waals surface area contributed by atoms with Crippen LogP contribution >= 0.6 is 0 Å². The van der Waals surface area contributed by atoms with Crippen LogP contribution in [-0.2, 0) is 14.8 Å². The summed E-state index contributed by atoms with van der Waals surface area (Å²) in [5.74, 6) is -0.374. The van der Waals surface area contributed by atoms with Gasteiger partial charge in [0.1, 0.15) is 16.5 Å². The molecule has 2 aliphatic heterocycles. The van der Waals surface area contributed by atoms with Crippen molar-refractivity contribution in [3.05, 3.63) is 94.2 Å². The zero-order valence-electron chi connectivity index (χ0n) is 18.1. The molecular weight excluding hydrogens is 440 g/mol. The fourth-order valence-electron chi connectivity index (χ4n) is 3.87. The molecule has 2 aromatic carbocycles. The Morgan fingerprint density at radius 1 is 1.06 bits per heavy atom. The first-order valence-electron chi connectivity index (χ1n) is 10.3. The number of allylic oxidation sites excluding steroid dienone is 3. The highest BCUT2D eigenvalue weighted by Gasteiger charge is 2.48. The van der Waals surface area contributed by atoms with Crippen molar-refractivity contribution in [2.45, 2.75) is 20.0 Å². The van der Waals surface area contributed by atoms with Gasteiger partial charge in [-0.25, -0.2) is 13.6 Å². The summed E-state index contributed by atoms with van der Waals surface area (Å²) in [5.41, 5.74) is 7.86. The van der Waals surface area contributed by atoms with E-state index in [4.69, 9.17) is 21.0 Å². The molecule has 0 saturated carbocycles. The molecule has 0 radical (unpaired) electrons. The van der Waals surface area contributed by atoms with Crippen LogP contribution in [0.25, 0.3) is 5.57 Å². The molecule has 9 heteroatoms. The quantitative estimate of drug-likeness (QED) is 0.427. The molecule has 2 heterocycles. The number of nitrogens with two attached hydrogens (primary N) is 2. The smallest absolute Gasteiger partial charge is 0.272 e. The summed E-state index contributed by atoms with van der Waals surface area (Å²) in [5, 5.41) is 13.1. The maximum Gasteiger partial charge on any atom is 0.272 e. The Hall–Kier alpha value is -3.69. The van der Waals surface area contributed by atoms with Crippen LogP contribution in [0.2, 0.25) is 0 Å². The van der Waals surface area contributed by atoms with Crippen molar-refractivity contribution in [3.63, 3.8) is 0 Å². The zero-order chi connectivity index (χ0) is 23.9. The lowest BCUT2D eigenvalue weighted by atomic mass is 9.89. The maximum absolute atomic E-state index is 13.6. The van der Waals surface area contributed by atoms with Gasteiger partial charge in [-0.05, 0) is 29.7 Å². The number of nitrogens with zero attached hydrogens (tertiary/aromatic N) is 1. The summed E-state index contributed by atoms with van der Waals surface area (Å²) in [4.78, 5) is 15.0. The largest absolute Gasteiger partial charge is 0.480 e. The predicted octanol–water partition coefficient (Wildman–Crippen LogP) is 2.70. The fraction of sp³-hybridized carbons (Fsp3) is 0.167. The molecule has 170 valence electrons. The topological polar surface area (TPSA) is 140 Å². The molecule has 1 unspecified atom stereocenters. The van der Waals surface area contributed by atoms with Gasteiger partial charge >= 0.3 is 0 Å². The molecule has 33 heavy (non-hydrogen) atoms. The second-order valence-electron chi connectivity index (χ2n) is 8.12. The Kier molecular flexibility index (Phi) is 5.69. The van der Waals surface area contributed by atoms with Crippen molar-refractivity contribution >= 4 is 27.3 Å². The molecule has 0 fully saturated rings. The minimum absolute atomic E-state index is 0.0571. The van der Waals surface area contributed by atoms with Gasteiger partial charge in [-0.3, -0.25) is 15.1 Å². The van der Waals surface area contributed by atoms with E-state index in [-0.39, 0.29) is 28.1 Å². The number of carbonyl (C=O) groups is 1. The average Bonchev–Trinajstić information content (AvgIpc) is 2.77. The minimum atomic E-state index is -4.05. The van der Waals surface area contributed by atoms with Crippen LogP contribution in [-0.4, -0.2) is 31.2 Å². The molecule has 2 bridgehead atoms. The van der Waals surface area contributed by atoms with Crippen molar-refractivity contribution in [3.8, 4) is 5.75 Å². The van der Waals surface area contributed by atoms with E-state index in [1.807, 2.05) is 44.2 Å². The van der Waals surface area contributed by atoms with Crippen LogP contribution in [0.4, 0.5) is 0 Å². The minimum Gasteiger partial charge on any atom is -0.480 e. The number of carbonyl (C=O) groups excluding carboxylic acids is 1. The third-order valence-electron chi connectivity index (χ3n) is 5.42. The van der Waals surface area contributed by atoms with Gasteiger partial charge in [0.05, 0.1) is 11.4 Å². The number of hydrogen-bond acceptors (Lipinski definition) is 5. The molecule has 0 aliphatic carbocycles. The van der Waals surface area contributed by atoms with Gasteiger partial charge in [0, 0.05) is 11.1 Å². The SMILES string of the molecule is CC(C)C(Oc1cccc(C(=N)N)c1)C(=O)N1c2ccc(-c3ccccc3)c1c2S(N)(=O)=O. The molecule has 0 saturated heterocycles. The van der Waals surface area contributed by atoms with Crippen LogP contribution < -0.4 is 15.6 Å². The number of primary sulfonamides is 1. The summed E-state index contributed by atoms with van der Waals surface area (Å²) < 4.78 is 30.7. The maximum atomic E-state index is 13.6. The molecule has 4 rings (SSSR count). The van der Waals surface area contributed by atoms with Crippen molar-refractivity contribution in [2.75, 3.05) is 0 Å². The molecule has 0 aromatic heterocycles. The Labute approximate surface area is 192 Å². The number of amides is 1. The summed E-state index contributed by atoms with van der Waals surface area (Å²) in [6, 6.07) is 15.8. The van der Waals surface area contributed by atoms with Crippen molar-refractivity contribution < 1.29 is 17.9 Å². The lowest BCUT2D eigenvalue weighted by Crippen LogP contribution is -2.51. The number of hydrogen-bond donors (Lipinski definition) is 3. The molecule has 0 spiro atoms. The van der Waals surface area contributed by atoms with E-state index in [1.54, 1.807) is 36.4 Å². The van der Waals surface area contributed by atoms with E-state index >= 15 is 0 Å². The summed E-state index contributed by atoms with van der Waals surface area (Å²) >= 11 is 0. The Morgan fingerprint density at radius 2 is 1.76 bits per heavy atom. The summed E-state index contributed by atoms with van der Waals surface area (Å²) in [6.45, 7) is 3.68. The Morgan fingerprint density at radius 3 is 2.36 bits per heavy atom. The van der Waals surface area contributed by atoms with E-state index in [2.05, 4.69) is 0 Å². The van der Waals surface area contributed by atoms with Crippen LogP contribution in [0.3, 0.4) is 0 Å². The molecule has 8 nitrogen and oxygen atoms in total. The summed E-state index contributed by atoms with van der Waals surface area (Å²) in [6.07, 6.45) is 2.45. The first-order chi connectivity index (χ1) is 15.6. The lowest BCUT2D eigenvalue weighted by Gasteiger charge is -2.43. The zero-order valence-corrected chi connectivity index (χ0v) is 19.0. The van der Waals surface area contributed by atoms with E-state index in [9.17, 15) is 13.2 Å². The van der Waals surface area contributed by atoms with Crippen LogP contribution in [0.1, 0.15) is 25.0 Å². The van der Waals surface area contributed by atoms with E-state index in [0.29, 0.717) is 16.9 Å². The number of amidine groups is 1. The number of ether oxygens (including phenoxy) is 1. The average molecular weight is 465 g/mol. The van der Waals surface area contributed by atoms with Crippen LogP contribution in [0, 0.1) is 11.3 Å². The van der Waals surface area contributed by atoms with Gasteiger partial charge in [-0.15, -0.1) is 0 Å². The number of nitrogens with one attached hydrogen (secondary N) is 1.